The molecule has 1 unspecified atom stereocenters. The highest BCUT2D eigenvalue weighted by atomic mass is 31.2. The molecule has 1 aromatic heterocycles. The first kappa shape index (κ1) is 25.0. The average molecular weight is 507 g/mol. The summed E-state index contributed by atoms with van der Waals surface area (Å²) >= 11 is 0. The molecule has 0 bridgehead atoms. The van der Waals surface area contributed by atoms with Gasteiger partial charge >= 0.3 is 6.09 Å². The van der Waals surface area contributed by atoms with Gasteiger partial charge in [-0.05, 0) is 37.3 Å². The first-order valence-electron chi connectivity index (χ1n) is 11.1. The number of amides is 1. The SMILES string of the molecule is CCOP(C)(=O)c1ccc(Nc2cc(Oc3ccc(NC(=O)O)c4ccccc34)ccn2)cc1OC. The van der Waals surface area contributed by atoms with Crippen LogP contribution in [0.2, 0.25) is 0 Å². The smallest absolute Gasteiger partial charge is 0.409 e. The molecule has 0 spiro atoms. The van der Waals surface area contributed by atoms with Gasteiger partial charge in [-0.1, -0.05) is 24.3 Å². The molecule has 0 fully saturated rings. The molecule has 3 N–H and O–H groups in total. The van der Waals surface area contributed by atoms with Crippen LogP contribution in [0.15, 0.2) is 72.9 Å². The lowest BCUT2D eigenvalue weighted by Crippen LogP contribution is -2.11. The van der Waals surface area contributed by atoms with Crippen molar-refractivity contribution in [2.24, 2.45) is 0 Å². The highest BCUT2D eigenvalue weighted by molar-refractivity contribution is 7.66. The maximum absolute atomic E-state index is 12.9. The van der Waals surface area contributed by atoms with Crippen molar-refractivity contribution in [3.05, 3.63) is 72.9 Å². The molecule has 4 aromatic rings. The molecule has 36 heavy (non-hydrogen) atoms. The van der Waals surface area contributed by atoms with Crippen LogP contribution in [0.25, 0.3) is 10.8 Å². The zero-order valence-electron chi connectivity index (χ0n) is 20.0. The van der Waals surface area contributed by atoms with E-state index in [0.29, 0.717) is 46.4 Å². The molecule has 1 amide bonds. The number of nitrogens with zero attached hydrogens (tertiary/aromatic N) is 1. The lowest BCUT2D eigenvalue weighted by molar-refractivity contribution is 0.210. The average Bonchev–Trinajstić information content (AvgIpc) is 2.85. The Hall–Kier alpha value is -4.07. The molecular weight excluding hydrogens is 481 g/mol. The van der Waals surface area contributed by atoms with E-state index in [1.54, 1.807) is 62.2 Å². The van der Waals surface area contributed by atoms with Crippen molar-refractivity contribution in [1.82, 2.24) is 4.98 Å². The Morgan fingerprint density at radius 1 is 1.03 bits per heavy atom. The number of anilines is 3. The van der Waals surface area contributed by atoms with E-state index in [4.69, 9.17) is 19.1 Å². The van der Waals surface area contributed by atoms with Crippen LogP contribution in [0, 0.1) is 0 Å². The second kappa shape index (κ2) is 10.7. The third-order valence-corrected chi connectivity index (χ3v) is 7.35. The van der Waals surface area contributed by atoms with Crippen molar-refractivity contribution in [1.29, 1.82) is 0 Å². The Labute approximate surface area is 208 Å². The first-order valence-corrected chi connectivity index (χ1v) is 13.2. The van der Waals surface area contributed by atoms with Crippen molar-refractivity contribution in [3.63, 3.8) is 0 Å². The summed E-state index contributed by atoms with van der Waals surface area (Å²) in [6, 6.07) is 19.5. The van der Waals surface area contributed by atoms with E-state index in [0.717, 1.165) is 10.8 Å². The van der Waals surface area contributed by atoms with Gasteiger partial charge in [0.25, 0.3) is 0 Å². The minimum Gasteiger partial charge on any atom is -0.496 e. The van der Waals surface area contributed by atoms with Crippen molar-refractivity contribution in [2.75, 3.05) is 31.0 Å². The van der Waals surface area contributed by atoms with Crippen molar-refractivity contribution < 1.29 is 28.5 Å². The predicted octanol–water partition coefficient (Wildman–Crippen LogP) is 6.44. The topological polar surface area (TPSA) is 119 Å². The molecule has 0 saturated carbocycles. The molecule has 4 rings (SSSR count). The van der Waals surface area contributed by atoms with E-state index in [9.17, 15) is 9.36 Å². The quantitative estimate of drug-likeness (QED) is 0.222. The lowest BCUT2D eigenvalue weighted by atomic mass is 10.1. The standard InChI is InChI=1S/C26H26N3O6P/c1-4-34-36(3,32)24-12-9-17(15-23(24)33-2)28-25-16-18(13-14-27-25)35-22-11-10-21(29-26(30)31)19-7-5-6-8-20(19)22/h5-16,29H,4H2,1-3H3,(H,27,28)(H,30,31). The Balaban J connectivity index is 1.59. The number of rotatable bonds is 9. The van der Waals surface area contributed by atoms with Crippen molar-refractivity contribution in [2.45, 2.75) is 6.92 Å². The maximum Gasteiger partial charge on any atom is 0.409 e. The van der Waals surface area contributed by atoms with Crippen LogP contribution in [0.4, 0.5) is 22.0 Å². The zero-order valence-corrected chi connectivity index (χ0v) is 20.9. The number of hydrogen-bond donors (Lipinski definition) is 3. The number of carboxylic acid groups (broad SMARTS) is 1. The van der Waals surface area contributed by atoms with Gasteiger partial charge in [0.1, 0.15) is 23.1 Å². The second-order valence-electron chi connectivity index (χ2n) is 7.84. The van der Waals surface area contributed by atoms with Crippen LogP contribution < -0.4 is 25.4 Å². The van der Waals surface area contributed by atoms with Crippen molar-refractivity contribution in [3.8, 4) is 17.2 Å². The normalized spacial score (nSPS) is 12.5. The summed E-state index contributed by atoms with van der Waals surface area (Å²) in [6.07, 6.45) is 0.476. The zero-order chi connectivity index (χ0) is 25.7. The van der Waals surface area contributed by atoms with E-state index in [1.807, 2.05) is 24.3 Å². The van der Waals surface area contributed by atoms with E-state index < -0.39 is 13.5 Å². The van der Waals surface area contributed by atoms with Crippen LogP contribution in [-0.4, -0.2) is 36.6 Å². The van der Waals surface area contributed by atoms with E-state index >= 15 is 0 Å². The first-order chi connectivity index (χ1) is 17.3. The molecule has 1 heterocycles. The Kier molecular flexibility index (Phi) is 7.43. The molecule has 0 saturated heterocycles. The number of nitrogens with one attached hydrogen (secondary N) is 2. The minimum atomic E-state index is -3.01. The number of aromatic nitrogens is 1. The molecule has 3 aromatic carbocycles. The number of methoxy groups -OCH3 is 1. The maximum atomic E-state index is 12.9. The summed E-state index contributed by atoms with van der Waals surface area (Å²) in [5.74, 6) is 2.09. The van der Waals surface area contributed by atoms with Crippen LogP contribution in [0.5, 0.6) is 17.2 Å². The number of ether oxygens (including phenoxy) is 2. The Morgan fingerprint density at radius 2 is 1.81 bits per heavy atom. The third kappa shape index (κ3) is 5.59. The largest absolute Gasteiger partial charge is 0.496 e. The fraction of sp³-hybridized carbons (Fsp3) is 0.154. The van der Waals surface area contributed by atoms with Gasteiger partial charge in [-0.25, -0.2) is 9.78 Å². The number of fused-ring (bicyclic) bond motifs is 1. The van der Waals surface area contributed by atoms with Crippen LogP contribution in [0.3, 0.4) is 0 Å². The van der Waals surface area contributed by atoms with Gasteiger partial charge < -0.3 is 24.4 Å². The van der Waals surface area contributed by atoms with Crippen LogP contribution >= 0.6 is 7.37 Å². The van der Waals surface area contributed by atoms with Crippen LogP contribution in [0.1, 0.15) is 6.92 Å². The van der Waals surface area contributed by atoms with E-state index in [1.165, 1.54) is 7.11 Å². The van der Waals surface area contributed by atoms with Gasteiger partial charge in [0, 0.05) is 41.5 Å². The third-order valence-electron chi connectivity index (χ3n) is 5.35. The molecule has 0 aliphatic carbocycles. The molecule has 0 aliphatic heterocycles. The molecular formula is C26H26N3O6P. The molecule has 0 radical (unpaired) electrons. The lowest BCUT2D eigenvalue weighted by Gasteiger charge is -2.17. The number of hydrogen-bond acceptors (Lipinski definition) is 7. The van der Waals surface area contributed by atoms with E-state index in [-0.39, 0.29) is 0 Å². The van der Waals surface area contributed by atoms with Crippen molar-refractivity contribution >= 4 is 46.7 Å². The van der Waals surface area contributed by atoms with Gasteiger partial charge in [-0.2, -0.15) is 0 Å². The Morgan fingerprint density at radius 3 is 2.53 bits per heavy atom. The van der Waals surface area contributed by atoms with Gasteiger partial charge in [0.15, 0.2) is 0 Å². The highest BCUT2D eigenvalue weighted by Crippen LogP contribution is 2.44. The highest BCUT2D eigenvalue weighted by Gasteiger charge is 2.23. The molecule has 1 atom stereocenters. The van der Waals surface area contributed by atoms with Gasteiger partial charge in [0.05, 0.1) is 24.7 Å². The van der Waals surface area contributed by atoms with Gasteiger partial charge in [0.2, 0.25) is 7.37 Å². The Bertz CT molecular complexity index is 1460. The summed E-state index contributed by atoms with van der Waals surface area (Å²) in [7, 11) is -1.49. The summed E-state index contributed by atoms with van der Waals surface area (Å²) in [5, 5.41) is 16.7. The van der Waals surface area contributed by atoms with Gasteiger partial charge in [-0.15, -0.1) is 0 Å². The summed E-state index contributed by atoms with van der Waals surface area (Å²) < 4.78 is 29.9. The summed E-state index contributed by atoms with van der Waals surface area (Å²) in [6.45, 7) is 3.70. The number of benzene rings is 3. The summed E-state index contributed by atoms with van der Waals surface area (Å²) in [5.41, 5.74) is 1.16. The fourth-order valence-corrected chi connectivity index (χ4v) is 5.34. The molecule has 0 aliphatic rings. The number of carbonyl (C=O) groups is 1. The second-order valence-corrected chi connectivity index (χ2v) is 10.3. The predicted molar refractivity (Wildman–Crippen MR) is 141 cm³/mol. The van der Waals surface area contributed by atoms with Gasteiger partial charge in [-0.3, -0.25) is 9.88 Å². The minimum absolute atomic E-state index is 0.335. The fourth-order valence-electron chi connectivity index (χ4n) is 3.81. The molecule has 9 nitrogen and oxygen atoms in total. The molecule has 186 valence electrons. The summed E-state index contributed by atoms with van der Waals surface area (Å²) in [4.78, 5) is 15.5. The molecule has 10 heteroatoms. The number of pyridine rings is 1. The monoisotopic (exact) mass is 507 g/mol. The van der Waals surface area contributed by atoms with E-state index in [2.05, 4.69) is 15.6 Å². The van der Waals surface area contributed by atoms with Crippen LogP contribution in [-0.2, 0) is 9.09 Å².